The summed E-state index contributed by atoms with van der Waals surface area (Å²) in [6.45, 7) is 3.85. The standard InChI is InChI=1S/C19H21NO4.H2/c1-13(12-20-14(2)21)11-17(19(22)23-3)15-6-8-16(9-7-15)18-5-4-10-24-18;/h4-11,13H,12H2,1-3H3,(H,20,21);1H/b17-11-;. The number of ether oxygens (including phenoxy) is 1. The molecule has 0 fully saturated rings. The second kappa shape index (κ2) is 8.15. The zero-order valence-electron chi connectivity index (χ0n) is 14.0. The maximum absolute atomic E-state index is 12.1. The summed E-state index contributed by atoms with van der Waals surface area (Å²) in [6.07, 6.45) is 3.43. The van der Waals surface area contributed by atoms with Gasteiger partial charge in [0.2, 0.25) is 5.91 Å². The van der Waals surface area contributed by atoms with E-state index < -0.39 is 5.97 Å². The van der Waals surface area contributed by atoms with E-state index in [4.69, 9.17) is 9.15 Å². The molecule has 0 bridgehead atoms. The Balaban J connectivity index is 0.00000312. The number of rotatable bonds is 6. The van der Waals surface area contributed by atoms with Gasteiger partial charge in [-0.3, -0.25) is 4.79 Å². The Labute approximate surface area is 142 Å². The molecule has 2 aromatic rings. The predicted molar refractivity (Wildman–Crippen MR) is 94.1 cm³/mol. The second-order valence-electron chi connectivity index (χ2n) is 5.54. The van der Waals surface area contributed by atoms with Crippen molar-refractivity contribution in [3.63, 3.8) is 0 Å². The number of amides is 1. The fourth-order valence-corrected chi connectivity index (χ4v) is 2.30. The SMILES string of the molecule is COC(=O)/C(=C\C(C)CNC(C)=O)c1ccc(-c2ccco2)cc1.[HH]. The van der Waals surface area contributed by atoms with Crippen LogP contribution in [0.5, 0.6) is 0 Å². The Kier molecular flexibility index (Phi) is 5.95. The minimum atomic E-state index is -0.407. The molecule has 128 valence electrons. The Morgan fingerprint density at radius 3 is 2.54 bits per heavy atom. The lowest BCUT2D eigenvalue weighted by Gasteiger charge is -2.11. The lowest BCUT2D eigenvalue weighted by Crippen LogP contribution is -2.25. The van der Waals surface area contributed by atoms with Crippen LogP contribution in [0.25, 0.3) is 16.9 Å². The van der Waals surface area contributed by atoms with Gasteiger partial charge in [-0.05, 0) is 23.6 Å². The molecule has 5 nitrogen and oxygen atoms in total. The number of carbonyl (C=O) groups excluding carboxylic acids is 2. The van der Waals surface area contributed by atoms with Gasteiger partial charge in [0.15, 0.2) is 0 Å². The van der Waals surface area contributed by atoms with E-state index in [9.17, 15) is 9.59 Å². The first-order valence-electron chi connectivity index (χ1n) is 7.70. The molecular weight excluding hydrogens is 306 g/mol. The molecule has 1 aromatic heterocycles. The van der Waals surface area contributed by atoms with E-state index in [0.29, 0.717) is 12.1 Å². The van der Waals surface area contributed by atoms with Crippen molar-refractivity contribution in [3.05, 3.63) is 54.3 Å². The van der Waals surface area contributed by atoms with Gasteiger partial charge in [0.1, 0.15) is 5.76 Å². The van der Waals surface area contributed by atoms with Gasteiger partial charge in [-0.15, -0.1) is 0 Å². The van der Waals surface area contributed by atoms with Crippen LogP contribution in [0.4, 0.5) is 0 Å². The molecule has 0 saturated heterocycles. The molecule has 5 heteroatoms. The maximum atomic E-state index is 12.1. The summed E-state index contributed by atoms with van der Waals surface area (Å²) < 4.78 is 10.2. The highest BCUT2D eigenvalue weighted by atomic mass is 16.5. The largest absolute Gasteiger partial charge is 0.465 e. The number of furan rings is 1. The molecule has 1 amide bonds. The molecule has 24 heavy (non-hydrogen) atoms. The molecule has 1 N–H and O–H groups in total. The van der Waals surface area contributed by atoms with E-state index in [2.05, 4.69) is 5.32 Å². The molecule has 1 unspecified atom stereocenters. The highest BCUT2D eigenvalue weighted by Gasteiger charge is 2.14. The minimum absolute atomic E-state index is 0. The number of carbonyl (C=O) groups is 2. The number of esters is 1. The van der Waals surface area contributed by atoms with Crippen LogP contribution in [-0.4, -0.2) is 25.5 Å². The highest BCUT2D eigenvalue weighted by molar-refractivity contribution is 6.16. The van der Waals surface area contributed by atoms with Gasteiger partial charge >= 0.3 is 5.97 Å². The number of hydrogen-bond acceptors (Lipinski definition) is 4. The third-order valence-corrected chi connectivity index (χ3v) is 3.53. The molecule has 1 aromatic carbocycles. The van der Waals surface area contributed by atoms with Gasteiger partial charge in [0.05, 0.1) is 18.9 Å². The zero-order chi connectivity index (χ0) is 17.5. The Bertz CT molecular complexity index is 720. The molecule has 0 spiro atoms. The van der Waals surface area contributed by atoms with Crippen LogP contribution >= 0.6 is 0 Å². The van der Waals surface area contributed by atoms with Crippen LogP contribution in [0.1, 0.15) is 20.8 Å². The van der Waals surface area contributed by atoms with Crippen LogP contribution in [-0.2, 0) is 14.3 Å². The predicted octanol–water partition coefficient (Wildman–Crippen LogP) is 3.52. The van der Waals surface area contributed by atoms with E-state index in [1.165, 1.54) is 14.0 Å². The molecule has 0 aliphatic carbocycles. The van der Waals surface area contributed by atoms with Gasteiger partial charge in [-0.1, -0.05) is 37.3 Å². The Morgan fingerprint density at radius 2 is 2.00 bits per heavy atom. The van der Waals surface area contributed by atoms with Crippen molar-refractivity contribution < 1.29 is 20.2 Å². The molecule has 0 aliphatic heterocycles. The first kappa shape index (κ1) is 17.5. The topological polar surface area (TPSA) is 68.5 Å². The smallest absolute Gasteiger partial charge is 0.338 e. The van der Waals surface area contributed by atoms with Crippen molar-refractivity contribution in [1.29, 1.82) is 0 Å². The van der Waals surface area contributed by atoms with E-state index in [1.807, 2.05) is 49.4 Å². The Morgan fingerprint density at radius 1 is 1.29 bits per heavy atom. The molecule has 1 heterocycles. The van der Waals surface area contributed by atoms with E-state index >= 15 is 0 Å². The molecule has 2 rings (SSSR count). The van der Waals surface area contributed by atoms with Crippen LogP contribution in [0.3, 0.4) is 0 Å². The summed E-state index contributed by atoms with van der Waals surface area (Å²) in [6, 6.07) is 11.2. The van der Waals surface area contributed by atoms with Crippen molar-refractivity contribution >= 4 is 17.4 Å². The molecular formula is C19H23NO4. The van der Waals surface area contributed by atoms with Gasteiger partial charge in [0.25, 0.3) is 0 Å². The van der Waals surface area contributed by atoms with Crippen LogP contribution in [0, 0.1) is 5.92 Å². The van der Waals surface area contributed by atoms with Crippen LogP contribution in [0.15, 0.2) is 53.2 Å². The van der Waals surface area contributed by atoms with E-state index in [-0.39, 0.29) is 13.3 Å². The minimum Gasteiger partial charge on any atom is -0.465 e. The van der Waals surface area contributed by atoms with Crippen molar-refractivity contribution in [1.82, 2.24) is 5.32 Å². The normalized spacial score (nSPS) is 12.5. The Hall–Kier alpha value is -2.82. The molecule has 0 aliphatic rings. The van der Waals surface area contributed by atoms with Crippen LogP contribution < -0.4 is 5.32 Å². The summed E-state index contributed by atoms with van der Waals surface area (Å²) >= 11 is 0. The van der Waals surface area contributed by atoms with Crippen molar-refractivity contribution in [2.75, 3.05) is 13.7 Å². The number of methoxy groups -OCH3 is 1. The lowest BCUT2D eigenvalue weighted by molar-refractivity contribution is -0.133. The van der Waals surface area contributed by atoms with Gasteiger partial charge < -0.3 is 14.5 Å². The lowest BCUT2D eigenvalue weighted by atomic mass is 9.99. The number of nitrogens with one attached hydrogen (secondary N) is 1. The highest BCUT2D eigenvalue weighted by Crippen LogP contribution is 2.24. The summed E-state index contributed by atoms with van der Waals surface area (Å²) in [7, 11) is 1.35. The molecule has 1 atom stereocenters. The van der Waals surface area contributed by atoms with Gasteiger partial charge in [-0.2, -0.15) is 0 Å². The first-order valence-corrected chi connectivity index (χ1v) is 7.70. The van der Waals surface area contributed by atoms with Crippen molar-refractivity contribution in [2.45, 2.75) is 13.8 Å². The summed E-state index contributed by atoms with van der Waals surface area (Å²) in [5.41, 5.74) is 2.16. The maximum Gasteiger partial charge on any atom is 0.338 e. The zero-order valence-corrected chi connectivity index (χ0v) is 14.0. The average Bonchev–Trinajstić information content (AvgIpc) is 3.12. The fraction of sp³-hybridized carbons (Fsp3) is 0.263. The first-order chi connectivity index (χ1) is 11.5. The number of benzene rings is 1. The van der Waals surface area contributed by atoms with Gasteiger partial charge in [0, 0.05) is 20.5 Å². The summed E-state index contributed by atoms with van der Waals surface area (Å²) in [5.74, 6) is 0.255. The monoisotopic (exact) mass is 329 g/mol. The van der Waals surface area contributed by atoms with Crippen molar-refractivity contribution in [2.24, 2.45) is 5.92 Å². The third kappa shape index (κ3) is 4.59. The van der Waals surface area contributed by atoms with E-state index in [0.717, 1.165) is 16.9 Å². The van der Waals surface area contributed by atoms with Crippen LogP contribution in [0.2, 0.25) is 0 Å². The molecule has 0 radical (unpaired) electrons. The molecule has 0 saturated carbocycles. The third-order valence-electron chi connectivity index (χ3n) is 3.53. The average molecular weight is 329 g/mol. The van der Waals surface area contributed by atoms with Gasteiger partial charge in [-0.25, -0.2) is 4.79 Å². The summed E-state index contributed by atoms with van der Waals surface area (Å²) in [5, 5.41) is 2.74. The quantitative estimate of drug-likeness (QED) is 0.650. The summed E-state index contributed by atoms with van der Waals surface area (Å²) in [4.78, 5) is 23.1. The fourth-order valence-electron chi connectivity index (χ4n) is 2.30. The second-order valence-corrected chi connectivity index (χ2v) is 5.54. The van der Waals surface area contributed by atoms with E-state index in [1.54, 1.807) is 6.26 Å². The number of hydrogen-bond donors (Lipinski definition) is 1. The van der Waals surface area contributed by atoms with Crippen molar-refractivity contribution in [3.8, 4) is 11.3 Å².